The van der Waals surface area contributed by atoms with Crippen LogP contribution in [0.5, 0.6) is 0 Å². The van der Waals surface area contributed by atoms with Gasteiger partial charge >= 0.3 is 0 Å². The Morgan fingerprint density at radius 3 is 2.53 bits per heavy atom. The Labute approximate surface area is 114 Å². The smallest absolute Gasteiger partial charge is 0.237 e. The van der Waals surface area contributed by atoms with Gasteiger partial charge in [0.2, 0.25) is 5.91 Å². The quantitative estimate of drug-likeness (QED) is 0.810. The molecule has 0 aromatic carbocycles. The van der Waals surface area contributed by atoms with Crippen molar-refractivity contribution >= 4 is 5.91 Å². The first-order valence-electron chi connectivity index (χ1n) is 6.91. The van der Waals surface area contributed by atoms with Gasteiger partial charge in [-0.2, -0.15) is 5.10 Å². The van der Waals surface area contributed by atoms with Crippen molar-refractivity contribution in [2.75, 3.05) is 0 Å². The Morgan fingerprint density at radius 1 is 1.47 bits per heavy atom. The number of nitrogens with two attached hydrogens (primary N) is 1. The molecule has 0 radical (unpaired) electrons. The second-order valence-corrected chi connectivity index (χ2v) is 5.88. The summed E-state index contributed by atoms with van der Waals surface area (Å²) in [6.07, 6.45) is 2.95. The average molecular weight is 264 g/mol. The normalized spacial score (nSPS) is 18.3. The molecule has 1 aliphatic carbocycles. The minimum absolute atomic E-state index is 0.280. The van der Waals surface area contributed by atoms with Crippen LogP contribution in [0.2, 0.25) is 0 Å². The average Bonchev–Trinajstić information content (AvgIpc) is 3.11. The lowest BCUT2D eigenvalue weighted by atomic mass is 9.96. The maximum absolute atomic E-state index is 11.7. The molecule has 5 heteroatoms. The van der Waals surface area contributed by atoms with Gasteiger partial charge in [-0.05, 0) is 52.5 Å². The number of carbonyl (C=O) groups is 1. The summed E-state index contributed by atoms with van der Waals surface area (Å²) < 4.78 is 1.97. The van der Waals surface area contributed by atoms with Gasteiger partial charge in [-0.15, -0.1) is 0 Å². The number of aromatic nitrogens is 2. The summed E-state index contributed by atoms with van der Waals surface area (Å²) in [5, 5.41) is 7.87. The third-order valence-electron chi connectivity index (χ3n) is 4.21. The van der Waals surface area contributed by atoms with Crippen molar-refractivity contribution in [1.29, 1.82) is 0 Å². The second-order valence-electron chi connectivity index (χ2n) is 5.88. The van der Waals surface area contributed by atoms with Crippen molar-refractivity contribution in [3.8, 4) is 0 Å². The Morgan fingerprint density at radius 2 is 2.11 bits per heavy atom. The van der Waals surface area contributed by atoms with Crippen LogP contribution in [0, 0.1) is 20.8 Å². The van der Waals surface area contributed by atoms with Crippen molar-refractivity contribution < 1.29 is 4.79 Å². The van der Waals surface area contributed by atoms with E-state index in [1.807, 2.05) is 18.5 Å². The molecular formula is C14H24N4O. The van der Waals surface area contributed by atoms with E-state index >= 15 is 0 Å². The van der Waals surface area contributed by atoms with Crippen LogP contribution in [0.3, 0.4) is 0 Å². The maximum Gasteiger partial charge on any atom is 0.237 e. The third-order valence-corrected chi connectivity index (χ3v) is 4.21. The van der Waals surface area contributed by atoms with Gasteiger partial charge in [-0.25, -0.2) is 0 Å². The lowest BCUT2D eigenvalue weighted by Gasteiger charge is -2.27. The summed E-state index contributed by atoms with van der Waals surface area (Å²) in [5.41, 5.74) is 8.35. The van der Waals surface area contributed by atoms with Gasteiger partial charge in [-0.3, -0.25) is 9.48 Å². The monoisotopic (exact) mass is 264 g/mol. The highest BCUT2D eigenvalue weighted by molar-refractivity contribution is 5.84. The molecular weight excluding hydrogens is 240 g/mol. The highest BCUT2D eigenvalue weighted by atomic mass is 16.1. The standard InChI is InChI=1S/C14H24N4O/c1-9-10(2)17-18(11(9)3)8-7-14(4,13(15)19)16-12-5-6-12/h12,16H,5-8H2,1-4H3,(H2,15,19). The summed E-state index contributed by atoms with van der Waals surface area (Å²) in [6.45, 7) is 8.75. The molecule has 106 valence electrons. The largest absolute Gasteiger partial charge is 0.368 e. The van der Waals surface area contributed by atoms with E-state index in [4.69, 9.17) is 5.73 Å². The number of hydrogen-bond donors (Lipinski definition) is 2. The van der Waals surface area contributed by atoms with Gasteiger partial charge < -0.3 is 11.1 Å². The van der Waals surface area contributed by atoms with Crippen molar-refractivity contribution in [2.45, 2.75) is 65.1 Å². The van der Waals surface area contributed by atoms with Gasteiger partial charge in [0.25, 0.3) is 0 Å². The summed E-state index contributed by atoms with van der Waals surface area (Å²) in [4.78, 5) is 11.7. The molecule has 0 spiro atoms. The topological polar surface area (TPSA) is 72.9 Å². The van der Waals surface area contributed by atoms with Crippen LogP contribution in [0.15, 0.2) is 0 Å². The molecule has 1 aromatic heterocycles. The summed E-state index contributed by atoms with van der Waals surface area (Å²) in [5.74, 6) is -0.280. The molecule has 3 N–H and O–H groups in total. The van der Waals surface area contributed by atoms with Gasteiger partial charge in [0, 0.05) is 18.3 Å². The van der Waals surface area contributed by atoms with Crippen LogP contribution >= 0.6 is 0 Å². The van der Waals surface area contributed by atoms with Crippen LogP contribution < -0.4 is 11.1 Å². The fourth-order valence-corrected chi connectivity index (χ4v) is 2.28. The van der Waals surface area contributed by atoms with E-state index in [9.17, 15) is 4.79 Å². The second kappa shape index (κ2) is 4.96. The van der Waals surface area contributed by atoms with E-state index in [0.29, 0.717) is 19.0 Å². The van der Waals surface area contributed by atoms with E-state index in [0.717, 1.165) is 24.2 Å². The lowest BCUT2D eigenvalue weighted by Crippen LogP contribution is -2.54. The first-order valence-corrected chi connectivity index (χ1v) is 6.91. The molecule has 0 aliphatic heterocycles. The molecule has 2 rings (SSSR count). The Bertz CT molecular complexity index is 490. The van der Waals surface area contributed by atoms with Crippen LogP contribution in [0.25, 0.3) is 0 Å². The molecule has 1 unspecified atom stereocenters. The Balaban J connectivity index is 2.05. The Kier molecular flexibility index (Phi) is 3.67. The third kappa shape index (κ3) is 2.97. The summed E-state index contributed by atoms with van der Waals surface area (Å²) in [7, 11) is 0. The molecule has 1 atom stereocenters. The fraction of sp³-hybridized carbons (Fsp3) is 0.714. The first-order chi connectivity index (χ1) is 8.83. The molecule has 1 aliphatic rings. The zero-order valence-corrected chi connectivity index (χ0v) is 12.3. The molecule has 0 bridgehead atoms. The first kappa shape index (κ1) is 14.1. The van der Waals surface area contributed by atoms with E-state index < -0.39 is 5.54 Å². The summed E-state index contributed by atoms with van der Waals surface area (Å²) >= 11 is 0. The fourth-order valence-electron chi connectivity index (χ4n) is 2.28. The SMILES string of the molecule is Cc1nn(CCC(C)(NC2CC2)C(N)=O)c(C)c1C. The molecule has 1 saturated carbocycles. The van der Waals surface area contributed by atoms with Crippen LogP contribution in [0.1, 0.15) is 43.1 Å². The van der Waals surface area contributed by atoms with Gasteiger partial charge in [0.05, 0.1) is 11.2 Å². The molecule has 0 saturated heterocycles. The van der Waals surface area contributed by atoms with Crippen molar-refractivity contribution in [2.24, 2.45) is 5.73 Å². The molecule has 1 heterocycles. The summed E-state index contributed by atoms with van der Waals surface area (Å²) in [6, 6.07) is 0.458. The molecule has 1 aromatic rings. The van der Waals surface area contributed by atoms with E-state index in [1.54, 1.807) is 0 Å². The van der Waals surface area contributed by atoms with E-state index in [-0.39, 0.29) is 5.91 Å². The zero-order chi connectivity index (χ0) is 14.2. The molecule has 1 amide bonds. The number of primary amides is 1. The van der Waals surface area contributed by atoms with E-state index in [2.05, 4.69) is 24.3 Å². The van der Waals surface area contributed by atoms with Crippen LogP contribution in [-0.2, 0) is 11.3 Å². The number of carbonyl (C=O) groups excluding carboxylic acids is 1. The molecule has 5 nitrogen and oxygen atoms in total. The number of hydrogen-bond acceptors (Lipinski definition) is 3. The van der Waals surface area contributed by atoms with Gasteiger partial charge in [-0.1, -0.05) is 0 Å². The van der Waals surface area contributed by atoms with Crippen LogP contribution in [-0.4, -0.2) is 27.3 Å². The highest BCUT2D eigenvalue weighted by Crippen LogP contribution is 2.24. The van der Waals surface area contributed by atoms with Crippen LogP contribution in [0.4, 0.5) is 0 Å². The Hall–Kier alpha value is -1.36. The molecule has 1 fully saturated rings. The van der Waals surface area contributed by atoms with Crippen molar-refractivity contribution in [1.82, 2.24) is 15.1 Å². The number of nitrogens with zero attached hydrogens (tertiary/aromatic N) is 2. The van der Waals surface area contributed by atoms with Gasteiger partial charge in [0.15, 0.2) is 0 Å². The zero-order valence-electron chi connectivity index (χ0n) is 12.3. The van der Waals surface area contributed by atoms with E-state index in [1.165, 1.54) is 5.56 Å². The highest BCUT2D eigenvalue weighted by Gasteiger charge is 2.36. The predicted molar refractivity (Wildman–Crippen MR) is 74.8 cm³/mol. The van der Waals surface area contributed by atoms with Crippen molar-refractivity contribution in [3.05, 3.63) is 17.0 Å². The molecule has 19 heavy (non-hydrogen) atoms. The van der Waals surface area contributed by atoms with Gasteiger partial charge in [0.1, 0.15) is 0 Å². The van der Waals surface area contributed by atoms with Crippen molar-refractivity contribution in [3.63, 3.8) is 0 Å². The number of rotatable bonds is 6. The maximum atomic E-state index is 11.7. The lowest BCUT2D eigenvalue weighted by molar-refractivity contribution is -0.124. The number of nitrogens with one attached hydrogen (secondary N) is 1. The minimum Gasteiger partial charge on any atom is -0.368 e. The number of aryl methyl sites for hydroxylation is 2. The predicted octanol–water partition coefficient (Wildman–Crippen LogP) is 1.19. The number of amides is 1. The minimum atomic E-state index is -0.638.